The Labute approximate surface area is 112 Å². The maximum absolute atomic E-state index is 4.36. The molecule has 3 aromatic rings. The van der Waals surface area contributed by atoms with E-state index in [2.05, 4.69) is 59.7 Å². The number of rotatable bonds is 4. The van der Waals surface area contributed by atoms with Gasteiger partial charge in [0.05, 0.1) is 5.52 Å². The molecule has 0 bridgehead atoms. The smallest absolute Gasteiger partial charge is 0.121 e. The highest BCUT2D eigenvalue weighted by atomic mass is 15.4. The average Bonchev–Trinajstić information content (AvgIpc) is 2.89. The normalized spacial score (nSPS) is 11.0. The number of hydrogen-bond acceptors (Lipinski definition) is 2. The summed E-state index contributed by atoms with van der Waals surface area (Å²) in [5, 5.41) is 8.65. The van der Waals surface area contributed by atoms with Crippen LogP contribution >= 0.6 is 0 Å². The van der Waals surface area contributed by atoms with Crippen molar-refractivity contribution in [2.45, 2.75) is 26.3 Å². The monoisotopic (exact) mass is 251 g/mol. The number of hydrogen-bond donors (Lipinski definition) is 0. The van der Waals surface area contributed by atoms with Gasteiger partial charge in [-0.3, -0.25) is 0 Å². The van der Waals surface area contributed by atoms with E-state index in [9.17, 15) is 0 Å². The lowest BCUT2D eigenvalue weighted by Gasteiger charge is -2.03. The summed E-state index contributed by atoms with van der Waals surface area (Å²) in [6.07, 6.45) is 2.30. The number of benzene rings is 2. The van der Waals surface area contributed by atoms with Crippen LogP contribution in [-0.4, -0.2) is 15.0 Å². The number of aromatic nitrogens is 3. The van der Waals surface area contributed by atoms with E-state index in [1.807, 2.05) is 10.7 Å². The Morgan fingerprint density at radius 3 is 2.63 bits per heavy atom. The van der Waals surface area contributed by atoms with E-state index in [0.29, 0.717) is 0 Å². The quantitative estimate of drug-likeness (QED) is 0.704. The van der Waals surface area contributed by atoms with Crippen LogP contribution in [0.2, 0.25) is 0 Å². The molecule has 2 aromatic carbocycles. The van der Waals surface area contributed by atoms with Gasteiger partial charge in [0.15, 0.2) is 0 Å². The molecule has 3 rings (SSSR count). The summed E-state index contributed by atoms with van der Waals surface area (Å²) >= 11 is 0. The summed E-state index contributed by atoms with van der Waals surface area (Å²) in [5.41, 5.74) is 4.45. The number of aryl methyl sites for hydroxylation is 1. The van der Waals surface area contributed by atoms with Crippen molar-refractivity contribution in [1.29, 1.82) is 0 Å². The summed E-state index contributed by atoms with van der Waals surface area (Å²) < 4.78 is 2.01. The Morgan fingerprint density at radius 1 is 1.00 bits per heavy atom. The summed E-state index contributed by atoms with van der Waals surface area (Å²) in [7, 11) is 0. The van der Waals surface area contributed by atoms with Crippen molar-refractivity contribution in [3.8, 4) is 11.1 Å². The highest BCUT2D eigenvalue weighted by Gasteiger charge is 2.09. The molecule has 3 nitrogen and oxygen atoms in total. The van der Waals surface area contributed by atoms with Gasteiger partial charge in [0.25, 0.3) is 0 Å². The van der Waals surface area contributed by atoms with Gasteiger partial charge in [-0.25, -0.2) is 4.68 Å². The Balaban J connectivity index is 2.10. The molecule has 3 heteroatoms. The van der Waals surface area contributed by atoms with E-state index in [4.69, 9.17) is 0 Å². The van der Waals surface area contributed by atoms with Crippen molar-refractivity contribution in [3.05, 3.63) is 48.5 Å². The van der Waals surface area contributed by atoms with Gasteiger partial charge in [0, 0.05) is 12.1 Å². The van der Waals surface area contributed by atoms with Gasteiger partial charge in [-0.05, 0) is 18.1 Å². The molecular formula is C16H17N3. The van der Waals surface area contributed by atoms with Crippen LogP contribution in [-0.2, 0) is 6.54 Å². The molecule has 1 aromatic heterocycles. The molecule has 0 atom stereocenters. The first-order chi connectivity index (χ1) is 9.40. The van der Waals surface area contributed by atoms with Crippen LogP contribution in [0.25, 0.3) is 22.2 Å². The van der Waals surface area contributed by atoms with E-state index in [1.54, 1.807) is 0 Å². The Bertz CT molecular complexity index is 671. The number of fused-ring (bicyclic) bond motifs is 1. The summed E-state index contributed by atoms with van der Waals surface area (Å²) in [6, 6.07) is 16.6. The molecule has 0 unspecified atom stereocenters. The largest absolute Gasteiger partial charge is 0.245 e. The fourth-order valence-electron chi connectivity index (χ4n) is 2.32. The second kappa shape index (κ2) is 5.22. The molecule has 0 aliphatic heterocycles. The first kappa shape index (κ1) is 11.9. The van der Waals surface area contributed by atoms with Gasteiger partial charge < -0.3 is 0 Å². The van der Waals surface area contributed by atoms with Gasteiger partial charge in [0.2, 0.25) is 0 Å². The molecule has 19 heavy (non-hydrogen) atoms. The maximum Gasteiger partial charge on any atom is 0.121 e. The van der Waals surface area contributed by atoms with Crippen molar-refractivity contribution < 1.29 is 0 Å². The minimum Gasteiger partial charge on any atom is -0.245 e. The van der Waals surface area contributed by atoms with E-state index < -0.39 is 0 Å². The van der Waals surface area contributed by atoms with E-state index in [-0.39, 0.29) is 0 Å². The first-order valence-corrected chi connectivity index (χ1v) is 6.78. The zero-order chi connectivity index (χ0) is 13.1. The minimum atomic E-state index is 0.936. The maximum atomic E-state index is 4.36. The molecule has 0 aliphatic carbocycles. The molecule has 96 valence electrons. The van der Waals surface area contributed by atoms with Crippen LogP contribution in [0.3, 0.4) is 0 Å². The van der Waals surface area contributed by atoms with Crippen LogP contribution in [0.15, 0.2) is 48.5 Å². The third-order valence-corrected chi connectivity index (χ3v) is 3.35. The minimum absolute atomic E-state index is 0.936. The van der Waals surface area contributed by atoms with Crippen molar-refractivity contribution in [2.75, 3.05) is 0 Å². The van der Waals surface area contributed by atoms with E-state index in [0.717, 1.165) is 29.6 Å². The molecule has 0 fully saturated rings. The summed E-state index contributed by atoms with van der Waals surface area (Å²) in [6.45, 7) is 3.12. The Hall–Kier alpha value is -2.16. The number of unbranched alkanes of at least 4 members (excludes halogenated alkanes) is 1. The van der Waals surface area contributed by atoms with Gasteiger partial charge in [0.1, 0.15) is 5.52 Å². The van der Waals surface area contributed by atoms with Crippen molar-refractivity contribution in [3.63, 3.8) is 0 Å². The standard InChI is InChI=1S/C16H17N3/c1-2-3-12-19-15-11-7-10-14(16(15)17-18-19)13-8-5-4-6-9-13/h4-11H,2-3,12H2,1H3. The Kier molecular flexibility index (Phi) is 3.27. The predicted octanol–water partition coefficient (Wildman–Crippen LogP) is 3.90. The zero-order valence-corrected chi connectivity index (χ0v) is 11.1. The molecule has 0 saturated carbocycles. The third-order valence-electron chi connectivity index (χ3n) is 3.35. The molecule has 0 radical (unpaired) electrons. The van der Waals surface area contributed by atoms with Crippen LogP contribution in [0.5, 0.6) is 0 Å². The molecule has 0 N–H and O–H groups in total. The molecule has 1 heterocycles. The van der Waals surface area contributed by atoms with Crippen molar-refractivity contribution in [1.82, 2.24) is 15.0 Å². The first-order valence-electron chi connectivity index (χ1n) is 6.78. The lowest BCUT2D eigenvalue weighted by atomic mass is 10.0. The fraction of sp³-hybridized carbons (Fsp3) is 0.250. The van der Waals surface area contributed by atoms with Crippen molar-refractivity contribution in [2.24, 2.45) is 0 Å². The van der Waals surface area contributed by atoms with E-state index >= 15 is 0 Å². The molecule has 0 amide bonds. The van der Waals surface area contributed by atoms with Crippen LogP contribution in [0.1, 0.15) is 19.8 Å². The molecular weight excluding hydrogens is 234 g/mol. The third kappa shape index (κ3) is 2.24. The second-order valence-electron chi connectivity index (χ2n) is 4.71. The van der Waals surface area contributed by atoms with Crippen molar-refractivity contribution >= 4 is 11.0 Å². The summed E-state index contributed by atoms with van der Waals surface area (Å²) in [4.78, 5) is 0. The highest BCUT2D eigenvalue weighted by molar-refractivity contribution is 5.91. The van der Waals surface area contributed by atoms with Gasteiger partial charge in [-0.2, -0.15) is 0 Å². The van der Waals surface area contributed by atoms with Crippen LogP contribution in [0.4, 0.5) is 0 Å². The predicted molar refractivity (Wildman–Crippen MR) is 77.9 cm³/mol. The second-order valence-corrected chi connectivity index (χ2v) is 4.71. The lowest BCUT2D eigenvalue weighted by Crippen LogP contribution is -1.99. The van der Waals surface area contributed by atoms with Crippen LogP contribution < -0.4 is 0 Å². The molecule has 0 aliphatic rings. The zero-order valence-electron chi connectivity index (χ0n) is 11.1. The fourth-order valence-corrected chi connectivity index (χ4v) is 2.32. The van der Waals surface area contributed by atoms with Gasteiger partial charge >= 0.3 is 0 Å². The summed E-state index contributed by atoms with van der Waals surface area (Å²) in [5.74, 6) is 0. The van der Waals surface area contributed by atoms with Gasteiger partial charge in [-0.15, -0.1) is 5.10 Å². The molecule has 0 saturated heterocycles. The van der Waals surface area contributed by atoms with Crippen LogP contribution in [0, 0.1) is 0 Å². The Morgan fingerprint density at radius 2 is 1.84 bits per heavy atom. The highest BCUT2D eigenvalue weighted by Crippen LogP contribution is 2.26. The topological polar surface area (TPSA) is 30.7 Å². The van der Waals surface area contributed by atoms with Gasteiger partial charge in [-0.1, -0.05) is 61.0 Å². The molecule has 0 spiro atoms. The average molecular weight is 251 g/mol. The lowest BCUT2D eigenvalue weighted by molar-refractivity contribution is 0.567. The number of nitrogens with zero attached hydrogens (tertiary/aromatic N) is 3. The SMILES string of the molecule is CCCCn1nnc2c(-c3ccccc3)cccc21. The van der Waals surface area contributed by atoms with E-state index in [1.165, 1.54) is 12.0 Å².